The number of hydrogen-bond acceptors (Lipinski definition) is 2. The number of nitrogens with zero attached hydrogens (tertiary/aromatic N) is 1. The number of rotatable bonds is 6. The molecule has 1 saturated carbocycles. The molecular formula is C14H29NO. The lowest BCUT2D eigenvalue weighted by molar-refractivity contribution is -0.0212. The van der Waals surface area contributed by atoms with Crippen molar-refractivity contribution in [2.75, 3.05) is 20.6 Å². The van der Waals surface area contributed by atoms with Crippen molar-refractivity contribution < 1.29 is 5.11 Å². The van der Waals surface area contributed by atoms with E-state index in [1.165, 1.54) is 32.1 Å². The molecule has 1 aliphatic rings. The molecule has 0 heterocycles. The van der Waals surface area contributed by atoms with Gasteiger partial charge in [0.15, 0.2) is 0 Å². The fourth-order valence-corrected chi connectivity index (χ4v) is 3.13. The minimum atomic E-state index is -0.339. The normalized spacial score (nSPS) is 22.3. The summed E-state index contributed by atoms with van der Waals surface area (Å²) in [5.41, 5.74) is -0.339. The van der Waals surface area contributed by atoms with Crippen molar-refractivity contribution in [2.24, 2.45) is 5.92 Å². The summed E-state index contributed by atoms with van der Waals surface area (Å²) in [6, 6.07) is 0. The van der Waals surface area contributed by atoms with Crippen LogP contribution >= 0.6 is 0 Å². The zero-order valence-corrected chi connectivity index (χ0v) is 11.3. The summed E-state index contributed by atoms with van der Waals surface area (Å²) in [5, 5.41) is 10.6. The second-order valence-corrected chi connectivity index (χ2v) is 5.91. The maximum absolute atomic E-state index is 10.6. The van der Waals surface area contributed by atoms with Crippen LogP contribution in [0.4, 0.5) is 0 Å². The van der Waals surface area contributed by atoms with Gasteiger partial charge in [0, 0.05) is 6.54 Å². The van der Waals surface area contributed by atoms with Gasteiger partial charge in [0.1, 0.15) is 0 Å². The molecule has 0 spiro atoms. The molecular weight excluding hydrogens is 198 g/mol. The Morgan fingerprint density at radius 1 is 1.19 bits per heavy atom. The molecule has 0 radical (unpaired) electrons. The predicted molar refractivity (Wildman–Crippen MR) is 69.6 cm³/mol. The Labute approximate surface area is 101 Å². The molecule has 1 atom stereocenters. The molecule has 1 N–H and O–H groups in total. The molecule has 96 valence electrons. The summed E-state index contributed by atoms with van der Waals surface area (Å²) in [6.45, 7) is 3.36. The van der Waals surface area contributed by atoms with Gasteiger partial charge in [0.2, 0.25) is 0 Å². The van der Waals surface area contributed by atoms with Gasteiger partial charge < -0.3 is 10.0 Å². The van der Waals surface area contributed by atoms with E-state index in [1.54, 1.807) is 0 Å². The largest absolute Gasteiger partial charge is 0.390 e. The van der Waals surface area contributed by atoms with Crippen molar-refractivity contribution in [3.63, 3.8) is 0 Å². The van der Waals surface area contributed by atoms with E-state index < -0.39 is 0 Å². The maximum Gasteiger partial charge on any atom is 0.0651 e. The zero-order valence-electron chi connectivity index (χ0n) is 11.3. The second-order valence-electron chi connectivity index (χ2n) is 5.91. The van der Waals surface area contributed by atoms with Crippen LogP contribution in [0.2, 0.25) is 0 Å². The van der Waals surface area contributed by atoms with Gasteiger partial charge in [-0.05, 0) is 45.7 Å². The Hall–Kier alpha value is -0.0800. The van der Waals surface area contributed by atoms with Crippen LogP contribution in [0.1, 0.15) is 58.3 Å². The van der Waals surface area contributed by atoms with Gasteiger partial charge in [-0.15, -0.1) is 0 Å². The summed E-state index contributed by atoms with van der Waals surface area (Å²) in [7, 11) is 4.27. The molecule has 0 aromatic rings. The highest BCUT2D eigenvalue weighted by Crippen LogP contribution is 2.34. The molecule has 0 saturated heterocycles. The van der Waals surface area contributed by atoms with Gasteiger partial charge in [0.25, 0.3) is 0 Å². The van der Waals surface area contributed by atoms with Gasteiger partial charge in [-0.2, -0.15) is 0 Å². The van der Waals surface area contributed by atoms with E-state index in [9.17, 15) is 5.11 Å². The molecule has 16 heavy (non-hydrogen) atoms. The molecule has 1 rings (SSSR count). The predicted octanol–water partition coefficient (Wildman–Crippen LogP) is 3.05. The first-order valence-corrected chi connectivity index (χ1v) is 6.93. The van der Waals surface area contributed by atoms with E-state index in [0.717, 1.165) is 25.8 Å². The molecule has 1 fully saturated rings. The van der Waals surface area contributed by atoms with Crippen LogP contribution in [0.25, 0.3) is 0 Å². The van der Waals surface area contributed by atoms with Crippen molar-refractivity contribution >= 4 is 0 Å². The lowest BCUT2D eigenvalue weighted by Crippen LogP contribution is -2.36. The first-order chi connectivity index (χ1) is 7.56. The summed E-state index contributed by atoms with van der Waals surface area (Å²) in [5.74, 6) is 0.670. The molecule has 0 amide bonds. The van der Waals surface area contributed by atoms with E-state index in [0.29, 0.717) is 5.92 Å². The molecule has 0 aromatic heterocycles. The van der Waals surface area contributed by atoms with Gasteiger partial charge in [0.05, 0.1) is 5.60 Å². The highest BCUT2D eigenvalue weighted by Gasteiger charge is 2.31. The van der Waals surface area contributed by atoms with E-state index in [-0.39, 0.29) is 5.60 Å². The average molecular weight is 227 g/mol. The van der Waals surface area contributed by atoms with Crippen LogP contribution in [-0.2, 0) is 0 Å². The molecule has 0 bridgehead atoms. The van der Waals surface area contributed by atoms with Crippen LogP contribution in [0.5, 0.6) is 0 Å². The van der Waals surface area contributed by atoms with Crippen LogP contribution < -0.4 is 0 Å². The number of hydrogen-bond donors (Lipinski definition) is 1. The third-order valence-electron chi connectivity index (χ3n) is 3.77. The minimum Gasteiger partial charge on any atom is -0.390 e. The van der Waals surface area contributed by atoms with Gasteiger partial charge in [-0.1, -0.05) is 32.6 Å². The van der Waals surface area contributed by atoms with Crippen molar-refractivity contribution in [1.82, 2.24) is 4.90 Å². The highest BCUT2D eigenvalue weighted by atomic mass is 16.3. The lowest BCUT2D eigenvalue weighted by atomic mass is 9.77. The van der Waals surface area contributed by atoms with E-state index in [1.807, 2.05) is 0 Å². The average Bonchev–Trinajstić information content (AvgIpc) is 2.17. The molecule has 0 aliphatic heterocycles. The van der Waals surface area contributed by atoms with E-state index in [2.05, 4.69) is 25.9 Å². The minimum absolute atomic E-state index is 0.339. The lowest BCUT2D eigenvalue weighted by Gasteiger charge is -2.36. The number of aliphatic hydroxyl groups is 1. The smallest absolute Gasteiger partial charge is 0.0651 e. The first kappa shape index (κ1) is 14.0. The molecule has 1 unspecified atom stereocenters. The Balaban J connectivity index is 2.44. The van der Waals surface area contributed by atoms with Crippen LogP contribution in [0.3, 0.4) is 0 Å². The summed E-state index contributed by atoms with van der Waals surface area (Å²) in [6.07, 6.45) is 9.30. The molecule has 1 aliphatic carbocycles. The standard InChI is InChI=1S/C14H29NO/c1-4-8-13(12-15(2)3)11-14(16)9-6-5-7-10-14/h13,16H,4-12H2,1-3H3. The molecule has 0 aromatic carbocycles. The van der Waals surface area contributed by atoms with E-state index >= 15 is 0 Å². The van der Waals surface area contributed by atoms with Gasteiger partial charge >= 0.3 is 0 Å². The summed E-state index contributed by atoms with van der Waals surface area (Å²) < 4.78 is 0. The second kappa shape index (κ2) is 6.61. The Morgan fingerprint density at radius 2 is 1.81 bits per heavy atom. The maximum atomic E-state index is 10.6. The molecule has 2 nitrogen and oxygen atoms in total. The van der Waals surface area contributed by atoms with Crippen LogP contribution in [0, 0.1) is 5.92 Å². The third kappa shape index (κ3) is 4.84. The quantitative estimate of drug-likeness (QED) is 0.754. The van der Waals surface area contributed by atoms with Crippen molar-refractivity contribution in [3.8, 4) is 0 Å². The highest BCUT2D eigenvalue weighted by molar-refractivity contribution is 4.85. The topological polar surface area (TPSA) is 23.5 Å². The Bertz CT molecular complexity index is 185. The third-order valence-corrected chi connectivity index (χ3v) is 3.77. The van der Waals surface area contributed by atoms with Gasteiger partial charge in [-0.3, -0.25) is 0 Å². The Kier molecular flexibility index (Phi) is 5.77. The van der Waals surface area contributed by atoms with Gasteiger partial charge in [-0.25, -0.2) is 0 Å². The zero-order chi connectivity index (χ0) is 12.0. The monoisotopic (exact) mass is 227 g/mol. The van der Waals surface area contributed by atoms with Crippen molar-refractivity contribution in [1.29, 1.82) is 0 Å². The van der Waals surface area contributed by atoms with Crippen LogP contribution in [-0.4, -0.2) is 36.2 Å². The van der Waals surface area contributed by atoms with E-state index in [4.69, 9.17) is 0 Å². The summed E-state index contributed by atoms with van der Waals surface area (Å²) in [4.78, 5) is 2.26. The SMILES string of the molecule is CCCC(CN(C)C)CC1(O)CCCCC1. The fourth-order valence-electron chi connectivity index (χ4n) is 3.13. The first-order valence-electron chi connectivity index (χ1n) is 6.93. The van der Waals surface area contributed by atoms with Crippen LogP contribution in [0.15, 0.2) is 0 Å². The fraction of sp³-hybridized carbons (Fsp3) is 1.00. The van der Waals surface area contributed by atoms with Crippen molar-refractivity contribution in [2.45, 2.75) is 63.9 Å². The Morgan fingerprint density at radius 3 is 2.31 bits per heavy atom. The molecule has 2 heteroatoms. The van der Waals surface area contributed by atoms with Crippen molar-refractivity contribution in [3.05, 3.63) is 0 Å². The summed E-state index contributed by atoms with van der Waals surface area (Å²) >= 11 is 0.